The van der Waals surface area contributed by atoms with E-state index in [1.165, 1.54) is 18.2 Å². The van der Waals surface area contributed by atoms with Crippen LogP contribution in [0.5, 0.6) is 0 Å². The molecule has 0 bridgehead atoms. The second kappa shape index (κ2) is 3.23. The summed E-state index contributed by atoms with van der Waals surface area (Å²) in [5.74, 6) is -1.14. The van der Waals surface area contributed by atoms with Gasteiger partial charge in [0.15, 0.2) is 0 Å². The summed E-state index contributed by atoms with van der Waals surface area (Å²) in [7, 11) is 0. The molecular weight excluding hydrogens is 148 g/mol. The molecule has 0 aliphatic carbocycles. The monoisotopic (exact) mass is 155 g/mol. The summed E-state index contributed by atoms with van der Waals surface area (Å²) in [6.45, 7) is 3.14. The van der Waals surface area contributed by atoms with Crippen LogP contribution in [0.1, 0.15) is 5.56 Å². The zero-order valence-corrected chi connectivity index (χ0v) is 5.85. The minimum absolute atomic E-state index is 0.0154. The molecule has 0 N–H and O–H groups in total. The summed E-state index contributed by atoms with van der Waals surface area (Å²) in [6.07, 6.45) is 0. The van der Waals surface area contributed by atoms with Gasteiger partial charge in [0.2, 0.25) is 0 Å². The van der Waals surface area contributed by atoms with Crippen LogP contribution in [0.15, 0.2) is 23.2 Å². The van der Waals surface area contributed by atoms with Gasteiger partial charge in [0.25, 0.3) is 0 Å². The molecule has 0 radical (unpaired) electrons. The summed E-state index contributed by atoms with van der Waals surface area (Å²) < 4.78 is 25.4. The minimum atomic E-state index is -0.572. The van der Waals surface area contributed by atoms with E-state index in [-0.39, 0.29) is 12.1 Å². The summed E-state index contributed by atoms with van der Waals surface area (Å²) in [6, 6.07) is 3.71. The second-order valence-electron chi connectivity index (χ2n) is 2.08. The molecule has 0 saturated heterocycles. The molecule has 1 rings (SSSR count). The Bertz CT molecular complexity index is 251. The van der Waals surface area contributed by atoms with Gasteiger partial charge < -0.3 is 0 Å². The molecule has 0 aliphatic rings. The van der Waals surface area contributed by atoms with Crippen molar-refractivity contribution in [3.63, 3.8) is 0 Å². The van der Waals surface area contributed by atoms with Gasteiger partial charge in [0.05, 0.1) is 6.54 Å². The highest BCUT2D eigenvalue weighted by atomic mass is 19.1. The average molecular weight is 155 g/mol. The van der Waals surface area contributed by atoms with Crippen molar-refractivity contribution in [2.75, 3.05) is 0 Å². The van der Waals surface area contributed by atoms with Crippen molar-refractivity contribution in [2.24, 2.45) is 4.99 Å². The van der Waals surface area contributed by atoms with Crippen LogP contribution in [0.4, 0.5) is 8.78 Å². The van der Waals surface area contributed by atoms with E-state index >= 15 is 0 Å². The Morgan fingerprint density at radius 1 is 1.27 bits per heavy atom. The van der Waals surface area contributed by atoms with E-state index < -0.39 is 11.6 Å². The third kappa shape index (κ3) is 1.61. The van der Waals surface area contributed by atoms with Crippen LogP contribution in [0.2, 0.25) is 0 Å². The molecule has 0 spiro atoms. The number of hydrogen-bond acceptors (Lipinski definition) is 1. The molecule has 1 aromatic rings. The molecule has 0 heterocycles. The minimum Gasteiger partial charge on any atom is -0.296 e. The van der Waals surface area contributed by atoms with Gasteiger partial charge in [-0.2, -0.15) is 0 Å². The van der Waals surface area contributed by atoms with Gasteiger partial charge in [0, 0.05) is 5.56 Å². The standard InChI is InChI=1S/C8H7F2N/c1-11-5-6-7(9)3-2-4-8(6)10/h2-4H,1,5H2. The lowest BCUT2D eigenvalue weighted by atomic mass is 10.2. The van der Waals surface area contributed by atoms with Crippen LogP contribution in [-0.4, -0.2) is 6.72 Å². The zero-order valence-electron chi connectivity index (χ0n) is 5.85. The van der Waals surface area contributed by atoms with Gasteiger partial charge in [-0.1, -0.05) is 6.07 Å². The molecule has 58 valence electrons. The van der Waals surface area contributed by atoms with Crippen LogP contribution in [0, 0.1) is 11.6 Å². The fourth-order valence-electron chi connectivity index (χ4n) is 0.795. The fraction of sp³-hybridized carbons (Fsp3) is 0.125. The van der Waals surface area contributed by atoms with E-state index in [9.17, 15) is 8.78 Å². The van der Waals surface area contributed by atoms with Crippen molar-refractivity contribution in [1.82, 2.24) is 0 Å². The van der Waals surface area contributed by atoms with Gasteiger partial charge in [-0.25, -0.2) is 8.78 Å². The summed E-state index contributed by atoms with van der Waals surface area (Å²) in [5, 5.41) is 0. The van der Waals surface area contributed by atoms with Gasteiger partial charge in [0.1, 0.15) is 11.6 Å². The summed E-state index contributed by atoms with van der Waals surface area (Å²) in [5.41, 5.74) is -0.0255. The van der Waals surface area contributed by atoms with Crippen LogP contribution in [-0.2, 0) is 6.54 Å². The lowest BCUT2D eigenvalue weighted by molar-refractivity contribution is 0.557. The normalized spacial score (nSPS) is 9.64. The first-order chi connectivity index (χ1) is 5.25. The molecular formula is C8H7F2N. The molecule has 0 unspecified atom stereocenters. The number of hydrogen-bond donors (Lipinski definition) is 0. The number of nitrogens with zero attached hydrogens (tertiary/aromatic N) is 1. The van der Waals surface area contributed by atoms with Gasteiger partial charge >= 0.3 is 0 Å². The molecule has 0 aliphatic heterocycles. The van der Waals surface area contributed by atoms with Crippen molar-refractivity contribution in [1.29, 1.82) is 0 Å². The average Bonchev–Trinajstić information content (AvgIpc) is 1.97. The van der Waals surface area contributed by atoms with Crippen LogP contribution < -0.4 is 0 Å². The Morgan fingerprint density at radius 2 is 1.82 bits per heavy atom. The quantitative estimate of drug-likeness (QED) is 0.580. The van der Waals surface area contributed by atoms with Gasteiger partial charge in [-0.3, -0.25) is 4.99 Å². The van der Waals surface area contributed by atoms with Gasteiger partial charge in [-0.05, 0) is 18.9 Å². The lowest BCUT2D eigenvalue weighted by Crippen LogP contribution is -1.92. The van der Waals surface area contributed by atoms with Crippen molar-refractivity contribution < 1.29 is 8.78 Å². The van der Waals surface area contributed by atoms with E-state index in [1.807, 2.05) is 0 Å². The Labute approximate surface area is 63.4 Å². The smallest absolute Gasteiger partial charge is 0.131 e. The largest absolute Gasteiger partial charge is 0.296 e. The van der Waals surface area contributed by atoms with Crippen molar-refractivity contribution in [2.45, 2.75) is 6.54 Å². The Hall–Kier alpha value is -1.25. The van der Waals surface area contributed by atoms with Crippen molar-refractivity contribution >= 4 is 6.72 Å². The number of rotatable bonds is 2. The zero-order chi connectivity index (χ0) is 8.27. The molecule has 0 atom stereocenters. The summed E-state index contributed by atoms with van der Waals surface area (Å²) >= 11 is 0. The third-order valence-electron chi connectivity index (χ3n) is 1.33. The first kappa shape index (κ1) is 7.85. The SMILES string of the molecule is C=NCc1c(F)cccc1F. The maximum absolute atomic E-state index is 12.7. The second-order valence-corrected chi connectivity index (χ2v) is 2.08. The van der Waals surface area contributed by atoms with Crippen molar-refractivity contribution in [3.8, 4) is 0 Å². The highest BCUT2D eigenvalue weighted by Gasteiger charge is 2.05. The summed E-state index contributed by atoms with van der Waals surface area (Å²) in [4.78, 5) is 3.40. The fourth-order valence-corrected chi connectivity index (χ4v) is 0.795. The van der Waals surface area contributed by atoms with E-state index in [1.54, 1.807) is 0 Å². The Balaban J connectivity index is 3.09. The molecule has 0 saturated carbocycles. The van der Waals surface area contributed by atoms with Gasteiger partial charge in [-0.15, -0.1) is 0 Å². The molecule has 3 heteroatoms. The molecule has 1 nitrogen and oxygen atoms in total. The Kier molecular flexibility index (Phi) is 2.31. The lowest BCUT2D eigenvalue weighted by Gasteiger charge is -1.98. The third-order valence-corrected chi connectivity index (χ3v) is 1.33. The van der Waals surface area contributed by atoms with E-state index in [0.29, 0.717) is 0 Å². The molecule has 11 heavy (non-hydrogen) atoms. The maximum atomic E-state index is 12.7. The van der Waals surface area contributed by atoms with Crippen molar-refractivity contribution in [3.05, 3.63) is 35.4 Å². The highest BCUT2D eigenvalue weighted by Crippen LogP contribution is 2.12. The van der Waals surface area contributed by atoms with E-state index in [4.69, 9.17) is 0 Å². The molecule has 0 amide bonds. The van der Waals surface area contributed by atoms with E-state index in [0.717, 1.165) is 0 Å². The molecule has 0 aromatic heterocycles. The first-order valence-electron chi connectivity index (χ1n) is 3.11. The number of halogens is 2. The first-order valence-corrected chi connectivity index (χ1v) is 3.11. The highest BCUT2D eigenvalue weighted by molar-refractivity contribution is 5.26. The van der Waals surface area contributed by atoms with Crippen LogP contribution in [0.25, 0.3) is 0 Å². The predicted molar refractivity (Wildman–Crippen MR) is 39.6 cm³/mol. The van der Waals surface area contributed by atoms with Crippen LogP contribution >= 0.6 is 0 Å². The number of benzene rings is 1. The topological polar surface area (TPSA) is 12.4 Å². The van der Waals surface area contributed by atoms with Crippen LogP contribution in [0.3, 0.4) is 0 Å². The Morgan fingerprint density at radius 3 is 2.27 bits per heavy atom. The molecule has 0 fully saturated rings. The molecule has 1 aromatic carbocycles. The predicted octanol–water partition coefficient (Wildman–Crippen LogP) is 2.17. The number of aliphatic imine (C=N–C) groups is 1. The maximum Gasteiger partial charge on any atom is 0.131 e. The van der Waals surface area contributed by atoms with E-state index in [2.05, 4.69) is 11.7 Å².